The van der Waals surface area contributed by atoms with Gasteiger partial charge < -0.3 is 14.6 Å². The minimum atomic E-state index is -0.518. The SMILES string of the molecule is COC(C)(C)CCOc1cc(C)ccc1[C@H](C)O. The van der Waals surface area contributed by atoms with E-state index in [-0.39, 0.29) is 5.60 Å². The van der Waals surface area contributed by atoms with Crippen molar-refractivity contribution in [1.82, 2.24) is 0 Å². The van der Waals surface area contributed by atoms with Gasteiger partial charge in [0.2, 0.25) is 0 Å². The first kappa shape index (κ1) is 15.0. The monoisotopic (exact) mass is 252 g/mol. The maximum absolute atomic E-state index is 9.70. The van der Waals surface area contributed by atoms with E-state index in [1.54, 1.807) is 14.0 Å². The third kappa shape index (κ3) is 4.31. The highest BCUT2D eigenvalue weighted by Gasteiger charge is 2.17. The van der Waals surface area contributed by atoms with Crippen LogP contribution in [0.2, 0.25) is 0 Å². The number of hydrogen-bond donors (Lipinski definition) is 1. The van der Waals surface area contributed by atoms with Gasteiger partial charge in [0, 0.05) is 19.1 Å². The van der Waals surface area contributed by atoms with Crippen LogP contribution in [0.25, 0.3) is 0 Å². The molecule has 3 heteroatoms. The first-order valence-corrected chi connectivity index (χ1v) is 6.32. The van der Waals surface area contributed by atoms with Gasteiger partial charge in [0.1, 0.15) is 5.75 Å². The number of aliphatic hydroxyl groups excluding tert-OH is 1. The van der Waals surface area contributed by atoms with Crippen LogP contribution >= 0.6 is 0 Å². The molecule has 0 saturated carbocycles. The lowest BCUT2D eigenvalue weighted by Gasteiger charge is -2.23. The molecule has 0 saturated heterocycles. The van der Waals surface area contributed by atoms with Crippen molar-refractivity contribution in [3.05, 3.63) is 29.3 Å². The average Bonchev–Trinajstić information content (AvgIpc) is 2.28. The smallest absolute Gasteiger partial charge is 0.125 e. The van der Waals surface area contributed by atoms with Gasteiger partial charge in [0.15, 0.2) is 0 Å². The third-order valence-corrected chi connectivity index (χ3v) is 3.13. The molecule has 0 bridgehead atoms. The first-order chi connectivity index (χ1) is 8.35. The van der Waals surface area contributed by atoms with Crippen LogP contribution in [0.4, 0.5) is 0 Å². The normalized spacial score (nSPS) is 13.4. The summed E-state index contributed by atoms with van der Waals surface area (Å²) in [6.45, 7) is 8.39. The van der Waals surface area contributed by atoms with Crippen LogP contribution in [0, 0.1) is 6.92 Å². The number of methoxy groups -OCH3 is 1. The zero-order valence-corrected chi connectivity index (χ0v) is 12.0. The lowest BCUT2D eigenvalue weighted by atomic mass is 10.1. The van der Waals surface area contributed by atoms with Gasteiger partial charge in [-0.25, -0.2) is 0 Å². The molecule has 0 spiro atoms. The second-order valence-corrected chi connectivity index (χ2v) is 5.28. The Hall–Kier alpha value is -1.06. The van der Waals surface area contributed by atoms with Crippen LogP contribution in [0.5, 0.6) is 5.75 Å². The van der Waals surface area contributed by atoms with Gasteiger partial charge in [-0.2, -0.15) is 0 Å². The van der Waals surface area contributed by atoms with E-state index in [0.29, 0.717) is 6.61 Å². The molecule has 1 aromatic carbocycles. The quantitative estimate of drug-likeness (QED) is 0.844. The van der Waals surface area contributed by atoms with Crippen LogP contribution < -0.4 is 4.74 Å². The van der Waals surface area contributed by atoms with Crippen molar-refractivity contribution in [3.63, 3.8) is 0 Å². The van der Waals surface area contributed by atoms with E-state index in [0.717, 1.165) is 23.3 Å². The summed E-state index contributed by atoms with van der Waals surface area (Å²) in [6.07, 6.45) is 0.285. The molecule has 0 heterocycles. The van der Waals surface area contributed by atoms with Gasteiger partial charge in [-0.1, -0.05) is 12.1 Å². The van der Waals surface area contributed by atoms with Crippen molar-refractivity contribution in [2.24, 2.45) is 0 Å². The molecule has 0 aliphatic heterocycles. The maximum Gasteiger partial charge on any atom is 0.125 e. The molecule has 1 N–H and O–H groups in total. The van der Waals surface area contributed by atoms with Gasteiger partial charge in [0.05, 0.1) is 18.3 Å². The average molecular weight is 252 g/mol. The molecule has 0 aliphatic rings. The Morgan fingerprint density at radius 1 is 1.33 bits per heavy atom. The van der Waals surface area contributed by atoms with Gasteiger partial charge in [-0.3, -0.25) is 0 Å². The molecule has 1 atom stereocenters. The van der Waals surface area contributed by atoms with E-state index in [9.17, 15) is 5.11 Å². The van der Waals surface area contributed by atoms with E-state index >= 15 is 0 Å². The Labute approximate surface area is 110 Å². The number of hydrogen-bond acceptors (Lipinski definition) is 3. The molecule has 0 amide bonds. The lowest BCUT2D eigenvalue weighted by molar-refractivity contribution is 0.00522. The maximum atomic E-state index is 9.70. The molecule has 18 heavy (non-hydrogen) atoms. The van der Waals surface area contributed by atoms with Gasteiger partial charge in [-0.15, -0.1) is 0 Å². The van der Waals surface area contributed by atoms with Crippen molar-refractivity contribution in [1.29, 1.82) is 0 Å². The Morgan fingerprint density at radius 3 is 2.56 bits per heavy atom. The predicted octanol–water partition coefficient (Wildman–Crippen LogP) is 3.24. The van der Waals surface area contributed by atoms with Crippen molar-refractivity contribution >= 4 is 0 Å². The Kier molecular flexibility index (Phi) is 5.17. The minimum Gasteiger partial charge on any atom is -0.493 e. The highest BCUT2D eigenvalue weighted by atomic mass is 16.5. The summed E-state index contributed by atoms with van der Waals surface area (Å²) in [4.78, 5) is 0. The number of aryl methyl sites for hydroxylation is 1. The zero-order valence-electron chi connectivity index (χ0n) is 12.0. The van der Waals surface area contributed by atoms with Crippen LogP contribution in [0.3, 0.4) is 0 Å². The van der Waals surface area contributed by atoms with Crippen molar-refractivity contribution in [2.75, 3.05) is 13.7 Å². The van der Waals surface area contributed by atoms with Crippen LogP contribution in [0.1, 0.15) is 44.4 Å². The third-order valence-electron chi connectivity index (χ3n) is 3.13. The molecular formula is C15H24O3. The topological polar surface area (TPSA) is 38.7 Å². The van der Waals surface area contributed by atoms with Crippen LogP contribution in [-0.2, 0) is 4.74 Å². The van der Waals surface area contributed by atoms with E-state index in [1.165, 1.54) is 0 Å². The van der Waals surface area contributed by atoms with Crippen LogP contribution in [0.15, 0.2) is 18.2 Å². The second-order valence-electron chi connectivity index (χ2n) is 5.28. The molecule has 0 aromatic heterocycles. The van der Waals surface area contributed by atoms with Crippen molar-refractivity contribution in [3.8, 4) is 5.75 Å². The fourth-order valence-electron chi connectivity index (χ4n) is 1.62. The highest BCUT2D eigenvalue weighted by Crippen LogP contribution is 2.27. The molecule has 0 fully saturated rings. The molecular weight excluding hydrogens is 228 g/mol. The van der Waals surface area contributed by atoms with E-state index in [1.807, 2.05) is 39.0 Å². The zero-order chi connectivity index (χ0) is 13.8. The lowest BCUT2D eigenvalue weighted by Crippen LogP contribution is -2.25. The number of ether oxygens (including phenoxy) is 2. The fraction of sp³-hybridized carbons (Fsp3) is 0.600. The largest absolute Gasteiger partial charge is 0.493 e. The molecule has 102 valence electrons. The summed E-state index contributed by atoms with van der Waals surface area (Å²) in [5.74, 6) is 0.761. The molecule has 0 radical (unpaired) electrons. The summed E-state index contributed by atoms with van der Waals surface area (Å²) >= 11 is 0. The summed E-state index contributed by atoms with van der Waals surface area (Å²) in [5, 5.41) is 9.70. The first-order valence-electron chi connectivity index (χ1n) is 6.32. The Balaban J connectivity index is 2.69. The second kappa shape index (κ2) is 6.21. The van der Waals surface area contributed by atoms with E-state index in [4.69, 9.17) is 9.47 Å². The fourth-order valence-corrected chi connectivity index (χ4v) is 1.62. The number of benzene rings is 1. The van der Waals surface area contributed by atoms with Gasteiger partial charge in [0.25, 0.3) is 0 Å². The van der Waals surface area contributed by atoms with Crippen LogP contribution in [-0.4, -0.2) is 24.4 Å². The van der Waals surface area contributed by atoms with Gasteiger partial charge in [-0.05, 0) is 39.3 Å². The summed E-state index contributed by atoms with van der Waals surface area (Å²) in [7, 11) is 1.70. The number of rotatable bonds is 6. The minimum absolute atomic E-state index is 0.186. The standard InChI is InChI=1S/C15H24O3/c1-11-6-7-13(12(2)16)14(10-11)18-9-8-15(3,4)17-5/h6-7,10,12,16H,8-9H2,1-5H3/t12-/m0/s1. The highest BCUT2D eigenvalue weighted by molar-refractivity contribution is 5.38. The van der Waals surface area contributed by atoms with Crippen molar-refractivity contribution in [2.45, 2.75) is 45.8 Å². The van der Waals surface area contributed by atoms with Gasteiger partial charge >= 0.3 is 0 Å². The molecule has 0 aliphatic carbocycles. The molecule has 1 rings (SSSR count). The number of aliphatic hydroxyl groups is 1. The predicted molar refractivity (Wildman–Crippen MR) is 73.0 cm³/mol. The van der Waals surface area contributed by atoms with E-state index < -0.39 is 6.10 Å². The molecule has 3 nitrogen and oxygen atoms in total. The Morgan fingerprint density at radius 2 is 2.00 bits per heavy atom. The summed E-state index contributed by atoms with van der Waals surface area (Å²) in [5.41, 5.74) is 1.77. The summed E-state index contributed by atoms with van der Waals surface area (Å²) in [6, 6.07) is 5.85. The van der Waals surface area contributed by atoms with Crippen molar-refractivity contribution < 1.29 is 14.6 Å². The summed E-state index contributed by atoms with van der Waals surface area (Å²) < 4.78 is 11.1. The molecule has 0 unspecified atom stereocenters. The molecule has 1 aromatic rings. The Bertz CT molecular complexity index is 383. The van der Waals surface area contributed by atoms with E-state index in [2.05, 4.69) is 0 Å².